The van der Waals surface area contributed by atoms with Crippen LogP contribution in [0, 0.1) is 0 Å². The first-order chi connectivity index (χ1) is 4.66. The molecule has 0 aromatic heterocycles. The first-order valence-corrected chi connectivity index (χ1v) is 4.05. The highest BCUT2D eigenvalue weighted by atomic mass is 14.9. The summed E-state index contributed by atoms with van der Waals surface area (Å²) in [5, 5.41) is 3.39. The highest BCUT2D eigenvalue weighted by Crippen LogP contribution is 1.92. The van der Waals surface area contributed by atoms with Crippen LogP contribution in [0.4, 0.5) is 0 Å². The van der Waals surface area contributed by atoms with E-state index in [1.54, 1.807) is 0 Å². The van der Waals surface area contributed by atoms with E-state index in [0.717, 1.165) is 6.54 Å². The fraction of sp³-hybridized carbons (Fsp3) is 0.778. The van der Waals surface area contributed by atoms with Crippen molar-refractivity contribution in [3.63, 3.8) is 0 Å². The van der Waals surface area contributed by atoms with Crippen LogP contribution in [-0.4, -0.2) is 12.6 Å². The molecule has 0 saturated heterocycles. The van der Waals surface area contributed by atoms with E-state index >= 15 is 0 Å². The fourth-order valence-electron chi connectivity index (χ4n) is 0.931. The minimum atomic E-state index is 0.532. The number of allylic oxidation sites excluding steroid dienone is 1. The number of hydrogen-bond donors (Lipinski definition) is 1. The van der Waals surface area contributed by atoms with Crippen molar-refractivity contribution in [1.82, 2.24) is 5.32 Å². The van der Waals surface area contributed by atoms with Crippen molar-refractivity contribution in [1.29, 1.82) is 0 Å². The first-order valence-electron chi connectivity index (χ1n) is 4.05. The quantitative estimate of drug-likeness (QED) is 0.592. The molecular formula is C9H19N. The van der Waals surface area contributed by atoms with Crippen molar-refractivity contribution in [3.05, 3.63) is 11.6 Å². The van der Waals surface area contributed by atoms with Crippen LogP contribution in [0.25, 0.3) is 0 Å². The maximum Gasteiger partial charge on any atom is 0.0224 e. The molecule has 1 nitrogen and oxygen atoms in total. The van der Waals surface area contributed by atoms with Crippen LogP contribution in [0.1, 0.15) is 34.1 Å². The zero-order chi connectivity index (χ0) is 7.98. The van der Waals surface area contributed by atoms with Gasteiger partial charge in [0, 0.05) is 6.04 Å². The Labute approximate surface area is 64.5 Å². The highest BCUT2D eigenvalue weighted by Gasteiger charge is 1.92. The summed E-state index contributed by atoms with van der Waals surface area (Å²) in [7, 11) is 0. The van der Waals surface area contributed by atoms with E-state index in [2.05, 4.69) is 39.1 Å². The summed E-state index contributed by atoms with van der Waals surface area (Å²) >= 11 is 0. The smallest absolute Gasteiger partial charge is 0.0224 e. The van der Waals surface area contributed by atoms with E-state index in [4.69, 9.17) is 0 Å². The average Bonchev–Trinajstić information content (AvgIpc) is 1.82. The van der Waals surface area contributed by atoms with Gasteiger partial charge in [-0.1, -0.05) is 18.6 Å². The minimum Gasteiger partial charge on any atom is -0.311 e. The number of rotatable bonds is 4. The van der Waals surface area contributed by atoms with Gasteiger partial charge in [-0.15, -0.1) is 0 Å². The van der Waals surface area contributed by atoms with E-state index in [1.807, 2.05) is 0 Å². The molecule has 10 heavy (non-hydrogen) atoms. The predicted octanol–water partition coefficient (Wildman–Crippen LogP) is 2.34. The van der Waals surface area contributed by atoms with Gasteiger partial charge in [-0.25, -0.2) is 0 Å². The molecule has 60 valence electrons. The molecule has 0 aliphatic rings. The molecular weight excluding hydrogens is 122 g/mol. The normalized spacial score (nSPS) is 12.8. The monoisotopic (exact) mass is 141 g/mol. The zero-order valence-electron chi connectivity index (χ0n) is 7.57. The summed E-state index contributed by atoms with van der Waals surface area (Å²) < 4.78 is 0. The van der Waals surface area contributed by atoms with E-state index < -0.39 is 0 Å². The molecule has 0 aliphatic heterocycles. The second-order valence-electron chi connectivity index (χ2n) is 2.99. The van der Waals surface area contributed by atoms with Gasteiger partial charge in [0.1, 0.15) is 0 Å². The summed E-state index contributed by atoms with van der Waals surface area (Å²) in [6, 6.07) is 0.532. The third-order valence-electron chi connectivity index (χ3n) is 1.30. The minimum absolute atomic E-state index is 0.532. The van der Waals surface area contributed by atoms with Crippen LogP contribution in [0.3, 0.4) is 0 Å². The Balaban J connectivity index is 3.43. The van der Waals surface area contributed by atoms with E-state index in [9.17, 15) is 0 Å². The average molecular weight is 141 g/mol. The van der Waals surface area contributed by atoms with Gasteiger partial charge < -0.3 is 5.32 Å². The lowest BCUT2D eigenvalue weighted by atomic mass is 10.2. The van der Waals surface area contributed by atoms with Crippen LogP contribution in [-0.2, 0) is 0 Å². The fourth-order valence-corrected chi connectivity index (χ4v) is 0.931. The van der Waals surface area contributed by atoms with Gasteiger partial charge in [0.2, 0.25) is 0 Å². The Morgan fingerprint density at radius 2 is 2.10 bits per heavy atom. The molecule has 0 saturated carbocycles. The zero-order valence-corrected chi connectivity index (χ0v) is 7.57. The molecule has 0 aliphatic carbocycles. The molecule has 0 fully saturated rings. The van der Waals surface area contributed by atoms with E-state index in [1.165, 1.54) is 12.0 Å². The van der Waals surface area contributed by atoms with Gasteiger partial charge in [0.25, 0.3) is 0 Å². The van der Waals surface area contributed by atoms with Gasteiger partial charge in [-0.05, 0) is 33.7 Å². The van der Waals surface area contributed by atoms with Crippen molar-refractivity contribution in [2.24, 2.45) is 0 Å². The maximum atomic E-state index is 3.39. The highest BCUT2D eigenvalue weighted by molar-refractivity contribution is 4.99. The molecule has 0 unspecified atom stereocenters. The lowest BCUT2D eigenvalue weighted by Gasteiger charge is -2.07. The molecule has 0 aromatic carbocycles. The predicted molar refractivity (Wildman–Crippen MR) is 47.2 cm³/mol. The van der Waals surface area contributed by atoms with Crippen LogP contribution in [0.15, 0.2) is 11.6 Å². The molecule has 0 aromatic rings. The van der Waals surface area contributed by atoms with Crippen molar-refractivity contribution in [3.8, 4) is 0 Å². The molecule has 1 atom stereocenters. The van der Waals surface area contributed by atoms with Gasteiger partial charge >= 0.3 is 0 Å². The molecule has 0 amide bonds. The molecule has 0 spiro atoms. The van der Waals surface area contributed by atoms with Gasteiger partial charge in [0.05, 0.1) is 0 Å². The molecule has 1 N–H and O–H groups in total. The maximum absolute atomic E-state index is 3.39. The lowest BCUT2D eigenvalue weighted by molar-refractivity contribution is 0.621. The first kappa shape index (κ1) is 9.70. The third-order valence-corrected chi connectivity index (χ3v) is 1.30. The third kappa shape index (κ3) is 5.83. The van der Waals surface area contributed by atoms with Gasteiger partial charge in [0.15, 0.2) is 0 Å². The molecule has 0 heterocycles. The second-order valence-corrected chi connectivity index (χ2v) is 2.99. The second kappa shape index (κ2) is 5.48. The summed E-state index contributed by atoms with van der Waals surface area (Å²) in [4.78, 5) is 0. The largest absolute Gasteiger partial charge is 0.311 e. The van der Waals surface area contributed by atoms with Crippen molar-refractivity contribution < 1.29 is 0 Å². The van der Waals surface area contributed by atoms with Crippen molar-refractivity contribution in [2.45, 2.75) is 40.2 Å². The summed E-state index contributed by atoms with van der Waals surface area (Å²) in [5.41, 5.74) is 1.39. The van der Waals surface area contributed by atoms with Crippen LogP contribution >= 0.6 is 0 Å². The lowest BCUT2D eigenvalue weighted by Crippen LogP contribution is -2.24. The van der Waals surface area contributed by atoms with Crippen molar-refractivity contribution in [2.75, 3.05) is 6.54 Å². The van der Waals surface area contributed by atoms with Crippen molar-refractivity contribution >= 4 is 0 Å². The topological polar surface area (TPSA) is 12.0 Å². The Kier molecular flexibility index (Phi) is 5.32. The Bertz CT molecular complexity index is 101. The molecule has 0 bridgehead atoms. The molecule has 1 heteroatoms. The summed E-state index contributed by atoms with van der Waals surface area (Å²) in [6.07, 6.45) is 3.45. The van der Waals surface area contributed by atoms with Gasteiger partial charge in [-0.2, -0.15) is 0 Å². The Morgan fingerprint density at radius 1 is 1.50 bits per heavy atom. The SMILES string of the molecule is CCCN[C@H](C)C=C(C)C. The van der Waals surface area contributed by atoms with Crippen LogP contribution in [0.2, 0.25) is 0 Å². The summed E-state index contributed by atoms with van der Waals surface area (Å²) in [6.45, 7) is 9.74. The van der Waals surface area contributed by atoms with Gasteiger partial charge in [-0.3, -0.25) is 0 Å². The molecule has 0 radical (unpaired) electrons. The Morgan fingerprint density at radius 3 is 2.50 bits per heavy atom. The molecule has 0 rings (SSSR count). The Hall–Kier alpha value is -0.300. The standard InChI is InChI=1S/C9H19N/c1-5-6-10-9(4)7-8(2)3/h7,9-10H,5-6H2,1-4H3/t9-/m1/s1. The van der Waals surface area contributed by atoms with E-state index in [0.29, 0.717) is 6.04 Å². The number of nitrogens with one attached hydrogen (secondary N) is 1. The summed E-state index contributed by atoms with van der Waals surface area (Å²) in [5.74, 6) is 0. The number of hydrogen-bond acceptors (Lipinski definition) is 1. The van der Waals surface area contributed by atoms with Crippen LogP contribution < -0.4 is 5.32 Å². The van der Waals surface area contributed by atoms with E-state index in [-0.39, 0.29) is 0 Å². The van der Waals surface area contributed by atoms with Crippen LogP contribution in [0.5, 0.6) is 0 Å².